The van der Waals surface area contributed by atoms with E-state index in [0.29, 0.717) is 17.3 Å². The summed E-state index contributed by atoms with van der Waals surface area (Å²) in [7, 11) is 1.66. The van der Waals surface area contributed by atoms with Crippen molar-refractivity contribution in [3.05, 3.63) is 59.1 Å². The molecule has 0 aliphatic carbocycles. The summed E-state index contributed by atoms with van der Waals surface area (Å²) in [5.41, 5.74) is 1.17. The summed E-state index contributed by atoms with van der Waals surface area (Å²) in [6.45, 7) is 4.34. The van der Waals surface area contributed by atoms with Gasteiger partial charge in [0.15, 0.2) is 6.10 Å². The Bertz CT molecular complexity index is 776. The van der Waals surface area contributed by atoms with Crippen molar-refractivity contribution in [1.82, 2.24) is 10.2 Å². The third-order valence-electron chi connectivity index (χ3n) is 5.06. The second-order valence-corrected chi connectivity index (χ2v) is 7.37. The molecule has 2 aromatic rings. The summed E-state index contributed by atoms with van der Waals surface area (Å²) in [6.07, 6.45) is 1.74. The molecule has 6 heteroatoms. The molecule has 0 saturated carbocycles. The van der Waals surface area contributed by atoms with Gasteiger partial charge in [0, 0.05) is 6.54 Å². The fourth-order valence-electron chi connectivity index (χ4n) is 3.46. The smallest absolute Gasteiger partial charge is 0.260 e. The molecule has 1 N–H and O–H groups in total. The molecule has 2 aromatic carbocycles. The van der Waals surface area contributed by atoms with Crippen molar-refractivity contribution < 1.29 is 14.3 Å². The highest BCUT2D eigenvalue weighted by Crippen LogP contribution is 2.27. The average molecular weight is 403 g/mol. The molecule has 2 atom stereocenters. The van der Waals surface area contributed by atoms with Crippen LogP contribution in [-0.2, 0) is 4.79 Å². The van der Waals surface area contributed by atoms with Gasteiger partial charge in [-0.05, 0) is 62.7 Å². The minimum Gasteiger partial charge on any atom is -0.497 e. The largest absolute Gasteiger partial charge is 0.497 e. The van der Waals surface area contributed by atoms with Gasteiger partial charge in [-0.25, -0.2) is 0 Å². The summed E-state index contributed by atoms with van der Waals surface area (Å²) in [5.74, 6) is 1.19. The Hall–Kier alpha value is -2.24. The number of likely N-dealkylation sites (tertiary alicyclic amines) is 1. The number of hydrogen-bond donors (Lipinski definition) is 1. The minimum absolute atomic E-state index is 0.130. The van der Waals surface area contributed by atoms with Gasteiger partial charge in [-0.1, -0.05) is 35.9 Å². The van der Waals surface area contributed by atoms with Crippen LogP contribution < -0.4 is 14.8 Å². The van der Waals surface area contributed by atoms with Gasteiger partial charge < -0.3 is 14.8 Å². The van der Waals surface area contributed by atoms with Crippen molar-refractivity contribution in [2.45, 2.75) is 31.9 Å². The van der Waals surface area contributed by atoms with Crippen molar-refractivity contribution >= 4 is 17.5 Å². The maximum absolute atomic E-state index is 12.6. The van der Waals surface area contributed by atoms with Gasteiger partial charge in [-0.3, -0.25) is 9.69 Å². The summed E-state index contributed by atoms with van der Waals surface area (Å²) >= 11 is 6.12. The first-order valence-corrected chi connectivity index (χ1v) is 10.0. The lowest BCUT2D eigenvalue weighted by Crippen LogP contribution is -2.42. The summed E-state index contributed by atoms with van der Waals surface area (Å²) in [4.78, 5) is 15.0. The Labute approximate surface area is 171 Å². The van der Waals surface area contributed by atoms with Gasteiger partial charge in [0.1, 0.15) is 11.5 Å². The Morgan fingerprint density at radius 3 is 2.46 bits per heavy atom. The average Bonchev–Trinajstić information content (AvgIpc) is 3.24. The monoisotopic (exact) mass is 402 g/mol. The molecule has 0 spiro atoms. The molecule has 1 aliphatic rings. The van der Waals surface area contributed by atoms with Crippen molar-refractivity contribution in [3.63, 3.8) is 0 Å². The first-order valence-electron chi connectivity index (χ1n) is 9.65. The van der Waals surface area contributed by atoms with E-state index in [1.807, 2.05) is 24.3 Å². The normalized spacial score (nSPS) is 16.4. The van der Waals surface area contributed by atoms with E-state index in [2.05, 4.69) is 22.3 Å². The number of ether oxygens (including phenoxy) is 2. The van der Waals surface area contributed by atoms with E-state index in [0.717, 1.165) is 18.8 Å². The Morgan fingerprint density at radius 1 is 1.14 bits per heavy atom. The molecule has 28 heavy (non-hydrogen) atoms. The fourth-order valence-corrected chi connectivity index (χ4v) is 3.64. The van der Waals surface area contributed by atoms with Crippen LogP contribution in [0.2, 0.25) is 5.02 Å². The van der Waals surface area contributed by atoms with Crippen molar-refractivity contribution in [3.8, 4) is 11.5 Å². The predicted octanol–water partition coefficient (Wildman–Crippen LogP) is 4.07. The van der Waals surface area contributed by atoms with Gasteiger partial charge in [-0.2, -0.15) is 0 Å². The molecule has 1 saturated heterocycles. The Balaban J connectivity index is 1.63. The zero-order chi connectivity index (χ0) is 19.9. The molecule has 0 bridgehead atoms. The van der Waals surface area contributed by atoms with Gasteiger partial charge in [0.2, 0.25) is 0 Å². The first kappa shape index (κ1) is 20.5. The number of halogens is 1. The third kappa shape index (κ3) is 5.18. The summed E-state index contributed by atoms with van der Waals surface area (Å²) in [5, 5.41) is 3.54. The second-order valence-electron chi connectivity index (χ2n) is 6.97. The standard InChI is InChI=1S/C22H27ClN2O3/c1-16(28-21-8-4-3-7-19(21)23)22(26)24-15-20(25-13-5-6-14-25)17-9-11-18(27-2)12-10-17/h3-4,7-12,16,20H,5-6,13-15H2,1-2H3,(H,24,26). The lowest BCUT2D eigenvalue weighted by molar-refractivity contribution is -0.127. The van der Waals surface area contributed by atoms with E-state index in [1.165, 1.54) is 18.4 Å². The number of nitrogens with one attached hydrogen (secondary N) is 1. The number of carbonyl (C=O) groups excluding carboxylic acids is 1. The number of methoxy groups -OCH3 is 1. The van der Waals surface area contributed by atoms with Crippen LogP contribution in [0, 0.1) is 0 Å². The molecular weight excluding hydrogens is 376 g/mol. The van der Waals surface area contributed by atoms with Crippen LogP contribution in [0.4, 0.5) is 0 Å². The lowest BCUT2D eigenvalue weighted by Gasteiger charge is -2.29. The number of rotatable bonds is 8. The van der Waals surface area contributed by atoms with Crippen molar-refractivity contribution in [2.75, 3.05) is 26.7 Å². The fraction of sp³-hybridized carbons (Fsp3) is 0.409. The van der Waals surface area contributed by atoms with Crippen LogP contribution in [0.3, 0.4) is 0 Å². The second kappa shape index (κ2) is 9.80. The van der Waals surface area contributed by atoms with Crippen LogP contribution >= 0.6 is 11.6 Å². The number of para-hydroxylation sites is 1. The predicted molar refractivity (Wildman–Crippen MR) is 111 cm³/mol. The zero-order valence-corrected chi connectivity index (χ0v) is 17.1. The first-order chi connectivity index (χ1) is 13.6. The van der Waals surface area contributed by atoms with Crippen LogP contribution in [0.5, 0.6) is 11.5 Å². The molecule has 5 nitrogen and oxygen atoms in total. The van der Waals surface area contributed by atoms with Crippen molar-refractivity contribution in [2.24, 2.45) is 0 Å². The van der Waals surface area contributed by atoms with E-state index in [4.69, 9.17) is 21.1 Å². The quantitative estimate of drug-likeness (QED) is 0.723. The number of amides is 1. The maximum atomic E-state index is 12.6. The van der Waals surface area contributed by atoms with E-state index in [9.17, 15) is 4.79 Å². The highest BCUT2D eigenvalue weighted by Gasteiger charge is 2.25. The highest BCUT2D eigenvalue weighted by molar-refractivity contribution is 6.32. The molecule has 1 heterocycles. The minimum atomic E-state index is -0.630. The molecule has 0 radical (unpaired) electrons. The number of nitrogens with zero attached hydrogens (tertiary/aromatic N) is 1. The van der Waals surface area contributed by atoms with Crippen LogP contribution in [0.15, 0.2) is 48.5 Å². The molecule has 0 aromatic heterocycles. The Morgan fingerprint density at radius 2 is 1.82 bits per heavy atom. The number of hydrogen-bond acceptors (Lipinski definition) is 4. The van der Waals surface area contributed by atoms with E-state index in [1.54, 1.807) is 26.2 Å². The number of carbonyl (C=O) groups is 1. The SMILES string of the molecule is COc1ccc(C(CNC(=O)C(C)Oc2ccccc2Cl)N2CCCC2)cc1. The summed E-state index contributed by atoms with van der Waals surface area (Å²) in [6, 6.07) is 15.4. The van der Waals surface area contributed by atoms with Crippen molar-refractivity contribution in [1.29, 1.82) is 0 Å². The maximum Gasteiger partial charge on any atom is 0.260 e. The van der Waals surface area contributed by atoms with Crippen LogP contribution in [-0.4, -0.2) is 43.7 Å². The molecule has 1 fully saturated rings. The molecule has 2 unspecified atom stereocenters. The van der Waals surface area contributed by atoms with E-state index < -0.39 is 6.10 Å². The van der Waals surface area contributed by atoms with Gasteiger partial charge in [-0.15, -0.1) is 0 Å². The number of benzene rings is 2. The van der Waals surface area contributed by atoms with E-state index >= 15 is 0 Å². The van der Waals surface area contributed by atoms with Gasteiger partial charge in [0.25, 0.3) is 5.91 Å². The molecular formula is C22H27ClN2O3. The Kier molecular flexibility index (Phi) is 7.18. The lowest BCUT2D eigenvalue weighted by atomic mass is 10.1. The topological polar surface area (TPSA) is 50.8 Å². The molecule has 1 amide bonds. The van der Waals surface area contributed by atoms with Crippen LogP contribution in [0.1, 0.15) is 31.4 Å². The molecule has 3 rings (SSSR count). The van der Waals surface area contributed by atoms with Crippen LogP contribution in [0.25, 0.3) is 0 Å². The van der Waals surface area contributed by atoms with Gasteiger partial charge in [0.05, 0.1) is 18.2 Å². The zero-order valence-electron chi connectivity index (χ0n) is 16.4. The third-order valence-corrected chi connectivity index (χ3v) is 5.37. The molecule has 1 aliphatic heterocycles. The highest BCUT2D eigenvalue weighted by atomic mass is 35.5. The molecule has 150 valence electrons. The van der Waals surface area contributed by atoms with Gasteiger partial charge >= 0.3 is 0 Å². The van der Waals surface area contributed by atoms with E-state index in [-0.39, 0.29) is 11.9 Å². The summed E-state index contributed by atoms with van der Waals surface area (Å²) < 4.78 is 11.0.